The zero-order chi connectivity index (χ0) is 21.7. The molecule has 0 spiro atoms. The molecule has 3 saturated heterocycles. The number of hydroxylamine groups is 2. The quantitative estimate of drug-likeness (QED) is 0.763. The van der Waals surface area contributed by atoms with Gasteiger partial charge in [0.05, 0.1) is 12.7 Å². The van der Waals surface area contributed by atoms with E-state index in [0.717, 1.165) is 45.2 Å². The van der Waals surface area contributed by atoms with Gasteiger partial charge in [-0.25, -0.2) is 9.86 Å². The van der Waals surface area contributed by atoms with Crippen molar-refractivity contribution in [2.75, 3.05) is 19.7 Å². The lowest BCUT2D eigenvalue weighted by molar-refractivity contribution is -0.213. The van der Waals surface area contributed by atoms with Crippen molar-refractivity contribution in [2.45, 2.75) is 63.1 Å². The molecule has 7 nitrogen and oxygen atoms in total. The number of aliphatic carboxylic acids is 1. The molecule has 0 saturated carbocycles. The number of carboxylic acids is 1. The van der Waals surface area contributed by atoms with Crippen molar-refractivity contribution in [2.24, 2.45) is 0 Å². The fraction of sp³-hybridized carbons (Fsp3) is 0.684. The Morgan fingerprint density at radius 3 is 2.57 bits per heavy atom. The fourth-order valence-corrected chi connectivity index (χ4v) is 4.60. The van der Waals surface area contributed by atoms with Gasteiger partial charge in [0.2, 0.25) is 0 Å². The molecule has 1 N–H and O–H groups in total. The molecule has 1 aromatic rings. The number of likely N-dealkylation sites (tertiary alicyclic amines) is 1. The number of thiophene rings is 1. The van der Waals surface area contributed by atoms with Gasteiger partial charge >= 0.3 is 12.1 Å². The Morgan fingerprint density at radius 2 is 1.97 bits per heavy atom. The number of hydrogen-bond acceptors (Lipinski definition) is 6. The number of carbonyl (C=O) groups excluding carboxylic acids is 1. The van der Waals surface area contributed by atoms with E-state index in [1.54, 1.807) is 11.3 Å². The normalized spacial score (nSPS) is 27.2. The highest BCUT2D eigenvalue weighted by molar-refractivity contribution is 7.07. The van der Waals surface area contributed by atoms with E-state index in [0.29, 0.717) is 19.2 Å². The van der Waals surface area contributed by atoms with Crippen LogP contribution < -0.4 is 0 Å². The summed E-state index contributed by atoms with van der Waals surface area (Å²) in [5, 5.41) is 13.0. The molecule has 4 heterocycles. The summed E-state index contributed by atoms with van der Waals surface area (Å²) in [6.07, 6.45) is -0.258. The standard InChI is InChI=1S/C17H24N2O3S.C2HF3O2/c20-17(19-7-1-2-9-21-19)16-4-3-14-15(22-16)5-8-18(14)11-13-6-10-23-12-13;3-2(4,5)1(6)7/h6,10,12,14-16H,1-5,7-9,11H2;(H,6,7)/t14-,15-,16+;/m1./s1. The van der Waals surface area contributed by atoms with Gasteiger partial charge in [0, 0.05) is 25.7 Å². The number of hydrogen-bond donors (Lipinski definition) is 1. The molecule has 4 rings (SSSR count). The van der Waals surface area contributed by atoms with Crippen molar-refractivity contribution in [1.82, 2.24) is 9.96 Å². The Labute approximate surface area is 176 Å². The summed E-state index contributed by atoms with van der Waals surface area (Å²) >= 11 is 1.75. The lowest BCUT2D eigenvalue weighted by Crippen LogP contribution is -2.49. The second kappa shape index (κ2) is 10.1. The second-order valence-corrected chi connectivity index (χ2v) is 8.26. The van der Waals surface area contributed by atoms with Crippen LogP contribution in [0.5, 0.6) is 0 Å². The zero-order valence-corrected chi connectivity index (χ0v) is 17.2. The number of ether oxygens (including phenoxy) is 1. The molecule has 0 unspecified atom stereocenters. The summed E-state index contributed by atoms with van der Waals surface area (Å²) in [7, 11) is 0. The molecule has 0 aromatic carbocycles. The van der Waals surface area contributed by atoms with Crippen LogP contribution in [-0.4, -0.2) is 71.1 Å². The van der Waals surface area contributed by atoms with E-state index < -0.39 is 12.1 Å². The van der Waals surface area contributed by atoms with E-state index in [4.69, 9.17) is 19.5 Å². The molecule has 0 radical (unpaired) electrons. The minimum absolute atomic E-state index is 0.0273. The molecule has 11 heteroatoms. The van der Waals surface area contributed by atoms with Gasteiger partial charge in [0.15, 0.2) is 0 Å². The van der Waals surface area contributed by atoms with Crippen molar-refractivity contribution in [3.8, 4) is 0 Å². The van der Waals surface area contributed by atoms with Crippen LogP contribution in [0.25, 0.3) is 0 Å². The smallest absolute Gasteiger partial charge is 0.475 e. The van der Waals surface area contributed by atoms with Crippen LogP contribution in [0.4, 0.5) is 13.2 Å². The molecule has 3 fully saturated rings. The van der Waals surface area contributed by atoms with Gasteiger partial charge in [-0.2, -0.15) is 24.5 Å². The van der Waals surface area contributed by atoms with Crippen LogP contribution in [0.1, 0.15) is 37.7 Å². The zero-order valence-electron chi connectivity index (χ0n) is 16.3. The first-order valence-electron chi connectivity index (χ1n) is 9.90. The Morgan fingerprint density at radius 1 is 1.20 bits per heavy atom. The van der Waals surface area contributed by atoms with Gasteiger partial charge in [0.25, 0.3) is 5.91 Å². The lowest BCUT2D eigenvalue weighted by atomic mass is 9.98. The molecular formula is C19H25F3N2O5S. The molecule has 0 bridgehead atoms. The summed E-state index contributed by atoms with van der Waals surface area (Å²) in [6, 6.07) is 2.66. The lowest BCUT2D eigenvalue weighted by Gasteiger charge is -2.37. The van der Waals surface area contributed by atoms with Crippen LogP contribution in [0.3, 0.4) is 0 Å². The molecule has 0 aliphatic carbocycles. The van der Waals surface area contributed by atoms with E-state index in [-0.39, 0.29) is 18.1 Å². The third-order valence-electron chi connectivity index (χ3n) is 5.39. The minimum Gasteiger partial charge on any atom is -0.475 e. The number of nitrogens with zero attached hydrogens (tertiary/aromatic N) is 2. The van der Waals surface area contributed by atoms with Gasteiger partial charge in [-0.05, 0) is 54.5 Å². The first-order valence-corrected chi connectivity index (χ1v) is 10.8. The highest BCUT2D eigenvalue weighted by Gasteiger charge is 2.43. The average molecular weight is 450 g/mol. The van der Waals surface area contributed by atoms with E-state index in [1.165, 1.54) is 10.6 Å². The molecule has 1 aromatic heterocycles. The number of alkyl halides is 3. The Bertz CT molecular complexity index is 710. The monoisotopic (exact) mass is 450 g/mol. The largest absolute Gasteiger partial charge is 0.490 e. The summed E-state index contributed by atoms with van der Waals surface area (Å²) in [4.78, 5) is 29.4. The van der Waals surface area contributed by atoms with Crippen LogP contribution in [0.2, 0.25) is 0 Å². The van der Waals surface area contributed by atoms with Crippen LogP contribution in [0.15, 0.2) is 16.8 Å². The maximum absolute atomic E-state index is 12.5. The van der Waals surface area contributed by atoms with Gasteiger partial charge in [-0.1, -0.05) is 0 Å². The van der Waals surface area contributed by atoms with E-state index >= 15 is 0 Å². The maximum Gasteiger partial charge on any atom is 0.490 e. The third-order valence-corrected chi connectivity index (χ3v) is 6.13. The molecule has 3 atom stereocenters. The van der Waals surface area contributed by atoms with Gasteiger partial charge in [-0.3, -0.25) is 14.5 Å². The summed E-state index contributed by atoms with van der Waals surface area (Å²) in [6.45, 7) is 3.42. The number of fused-ring (bicyclic) bond motifs is 1. The van der Waals surface area contributed by atoms with E-state index in [1.807, 2.05) is 0 Å². The van der Waals surface area contributed by atoms with Crippen LogP contribution in [-0.2, 0) is 25.7 Å². The summed E-state index contributed by atoms with van der Waals surface area (Å²) < 4.78 is 37.9. The van der Waals surface area contributed by atoms with Gasteiger partial charge in [-0.15, -0.1) is 0 Å². The third kappa shape index (κ3) is 5.93. The topological polar surface area (TPSA) is 79.3 Å². The predicted octanol–water partition coefficient (Wildman–Crippen LogP) is 3.06. The average Bonchev–Trinajstić information content (AvgIpc) is 3.38. The minimum atomic E-state index is -5.08. The SMILES string of the molecule is O=C(O)C(F)(F)F.O=C([C@@H]1CC[C@@H]2[C@@H](CCN2Cc2ccsc2)O1)N1CCCCO1. The summed E-state index contributed by atoms with van der Waals surface area (Å²) in [5.74, 6) is -2.73. The fourth-order valence-electron chi connectivity index (χ4n) is 3.94. The van der Waals surface area contributed by atoms with Crippen molar-refractivity contribution in [3.05, 3.63) is 22.4 Å². The van der Waals surface area contributed by atoms with Crippen molar-refractivity contribution in [1.29, 1.82) is 0 Å². The molecule has 168 valence electrons. The number of carboxylic acid groups (broad SMARTS) is 1. The highest BCUT2D eigenvalue weighted by atomic mass is 32.1. The van der Waals surface area contributed by atoms with Crippen LogP contribution in [0, 0.1) is 0 Å². The highest BCUT2D eigenvalue weighted by Crippen LogP contribution is 2.33. The number of halogens is 3. The number of carbonyl (C=O) groups is 2. The predicted molar refractivity (Wildman–Crippen MR) is 102 cm³/mol. The Kier molecular flexibility index (Phi) is 7.72. The van der Waals surface area contributed by atoms with Crippen molar-refractivity contribution < 1.29 is 37.4 Å². The molecule has 30 heavy (non-hydrogen) atoms. The second-order valence-electron chi connectivity index (χ2n) is 7.48. The van der Waals surface area contributed by atoms with E-state index in [9.17, 15) is 18.0 Å². The molecule has 1 amide bonds. The Balaban J connectivity index is 0.000000318. The van der Waals surface area contributed by atoms with Gasteiger partial charge in [0.1, 0.15) is 6.10 Å². The number of rotatable bonds is 3. The molecular weight excluding hydrogens is 425 g/mol. The van der Waals surface area contributed by atoms with Crippen molar-refractivity contribution >= 4 is 23.2 Å². The van der Waals surface area contributed by atoms with E-state index in [2.05, 4.69) is 21.7 Å². The molecule has 3 aliphatic heterocycles. The first-order chi connectivity index (χ1) is 14.3. The van der Waals surface area contributed by atoms with Gasteiger partial charge < -0.3 is 9.84 Å². The summed E-state index contributed by atoms with van der Waals surface area (Å²) in [5.41, 5.74) is 1.38. The Hall–Kier alpha value is -1.69. The molecule has 3 aliphatic rings. The first kappa shape index (κ1) is 23.0. The number of amides is 1. The maximum atomic E-state index is 12.5. The van der Waals surface area contributed by atoms with Crippen LogP contribution >= 0.6 is 11.3 Å². The van der Waals surface area contributed by atoms with Crippen molar-refractivity contribution in [3.63, 3.8) is 0 Å².